The molecule has 0 unspecified atom stereocenters. The van der Waals surface area contributed by atoms with E-state index in [1.54, 1.807) is 0 Å². The van der Waals surface area contributed by atoms with Crippen molar-refractivity contribution in [3.05, 3.63) is 64.3 Å². The van der Waals surface area contributed by atoms with Gasteiger partial charge in [-0.05, 0) is 42.8 Å². The third-order valence-corrected chi connectivity index (χ3v) is 4.13. The summed E-state index contributed by atoms with van der Waals surface area (Å²) in [7, 11) is 1.35. The van der Waals surface area contributed by atoms with Crippen molar-refractivity contribution < 1.29 is 14.5 Å². The average Bonchev–Trinajstić information content (AvgIpc) is 3.03. The summed E-state index contributed by atoms with van der Waals surface area (Å²) in [6, 6.07) is 11.8. The summed E-state index contributed by atoms with van der Waals surface area (Å²) in [5, 5.41) is 14.9. The van der Waals surface area contributed by atoms with E-state index >= 15 is 0 Å². The molecule has 134 valence electrons. The number of nitrogens with one attached hydrogen (secondary N) is 1. The molecule has 7 heteroatoms. The number of nitro groups is 1. The summed E-state index contributed by atoms with van der Waals surface area (Å²) in [6.45, 7) is 3.05. The summed E-state index contributed by atoms with van der Waals surface area (Å²) in [5.41, 5.74) is 1.69. The first kappa shape index (κ1) is 17.5. The fourth-order valence-electron chi connectivity index (χ4n) is 2.89. The summed E-state index contributed by atoms with van der Waals surface area (Å²) in [5.74, 6) is -0.298. The number of methoxy groups -OCH3 is 1. The van der Waals surface area contributed by atoms with E-state index in [0.717, 1.165) is 23.9 Å². The number of carbonyl (C=O) groups is 1. The normalized spacial score (nSPS) is 10.7. The van der Waals surface area contributed by atoms with Gasteiger partial charge in [-0.25, -0.2) is 0 Å². The second-order valence-corrected chi connectivity index (χ2v) is 5.88. The number of nitro benzene ring substituents is 1. The number of hydrogen-bond donors (Lipinski definition) is 1. The van der Waals surface area contributed by atoms with Gasteiger partial charge in [0.05, 0.1) is 12.0 Å². The number of ether oxygens (including phenoxy) is 1. The van der Waals surface area contributed by atoms with Gasteiger partial charge in [0.15, 0.2) is 5.75 Å². The van der Waals surface area contributed by atoms with Gasteiger partial charge < -0.3 is 14.6 Å². The van der Waals surface area contributed by atoms with Crippen LogP contribution in [0, 0.1) is 10.1 Å². The van der Waals surface area contributed by atoms with Crippen molar-refractivity contribution in [3.8, 4) is 5.75 Å². The molecule has 3 rings (SSSR count). The number of aromatic nitrogens is 1. The lowest BCUT2D eigenvalue weighted by atomic mass is 10.1. The van der Waals surface area contributed by atoms with E-state index in [1.165, 1.54) is 25.3 Å². The van der Waals surface area contributed by atoms with Gasteiger partial charge in [-0.15, -0.1) is 0 Å². The predicted molar refractivity (Wildman–Crippen MR) is 99.8 cm³/mol. The molecule has 3 aromatic rings. The van der Waals surface area contributed by atoms with Crippen LogP contribution >= 0.6 is 0 Å². The van der Waals surface area contributed by atoms with Crippen LogP contribution in [0.25, 0.3) is 10.9 Å². The Bertz CT molecular complexity index is 978. The van der Waals surface area contributed by atoms with Crippen LogP contribution in [0.2, 0.25) is 0 Å². The molecule has 1 aromatic heterocycles. The van der Waals surface area contributed by atoms with Crippen LogP contribution in [0.5, 0.6) is 5.75 Å². The lowest BCUT2D eigenvalue weighted by molar-refractivity contribution is -0.385. The molecule has 1 amide bonds. The van der Waals surface area contributed by atoms with Crippen LogP contribution in [0.15, 0.2) is 48.7 Å². The number of anilines is 1. The van der Waals surface area contributed by atoms with E-state index in [1.807, 2.05) is 30.5 Å². The number of aryl methyl sites for hydroxylation is 1. The van der Waals surface area contributed by atoms with Crippen molar-refractivity contribution in [1.82, 2.24) is 4.57 Å². The Labute approximate surface area is 150 Å². The van der Waals surface area contributed by atoms with Crippen molar-refractivity contribution >= 4 is 28.2 Å². The van der Waals surface area contributed by atoms with Crippen LogP contribution in [0.4, 0.5) is 11.4 Å². The number of amides is 1. The van der Waals surface area contributed by atoms with Gasteiger partial charge in [0.2, 0.25) is 0 Å². The van der Waals surface area contributed by atoms with Gasteiger partial charge in [-0.3, -0.25) is 14.9 Å². The van der Waals surface area contributed by atoms with Crippen LogP contribution < -0.4 is 10.1 Å². The summed E-state index contributed by atoms with van der Waals surface area (Å²) in [6.07, 6.45) is 3.06. The number of hydrogen-bond acceptors (Lipinski definition) is 4. The van der Waals surface area contributed by atoms with Crippen molar-refractivity contribution in [2.45, 2.75) is 19.9 Å². The molecule has 0 saturated carbocycles. The molecule has 1 heterocycles. The van der Waals surface area contributed by atoms with Crippen LogP contribution in [-0.2, 0) is 6.54 Å². The monoisotopic (exact) mass is 353 g/mol. The zero-order valence-electron chi connectivity index (χ0n) is 14.6. The summed E-state index contributed by atoms with van der Waals surface area (Å²) in [4.78, 5) is 23.0. The van der Waals surface area contributed by atoms with Crippen LogP contribution in [0.1, 0.15) is 23.7 Å². The predicted octanol–water partition coefficient (Wildman–Crippen LogP) is 4.22. The van der Waals surface area contributed by atoms with Crippen LogP contribution in [-0.4, -0.2) is 22.5 Å². The minimum Gasteiger partial charge on any atom is -0.490 e. The number of nitrogens with zero attached hydrogens (tertiary/aromatic N) is 2. The minimum atomic E-state index is -0.571. The number of benzene rings is 2. The first-order valence-corrected chi connectivity index (χ1v) is 8.26. The van der Waals surface area contributed by atoms with Crippen molar-refractivity contribution in [2.75, 3.05) is 12.4 Å². The quantitative estimate of drug-likeness (QED) is 0.531. The lowest BCUT2D eigenvalue weighted by Gasteiger charge is -2.08. The topological polar surface area (TPSA) is 86.4 Å². The first-order valence-electron chi connectivity index (χ1n) is 8.26. The maximum atomic E-state index is 12.5. The standard InChI is InChI=1S/C19H19N3O4/c1-3-9-21-10-8-13-11-15(5-6-16(13)21)20-19(23)14-4-7-18(26-2)17(12-14)22(24)25/h4-8,10-12H,3,9H2,1-2H3,(H,20,23). The van der Waals surface area contributed by atoms with Gasteiger partial charge in [-0.1, -0.05) is 6.92 Å². The highest BCUT2D eigenvalue weighted by Gasteiger charge is 2.18. The largest absolute Gasteiger partial charge is 0.490 e. The van der Waals surface area contributed by atoms with Gasteiger partial charge in [0.25, 0.3) is 5.91 Å². The Morgan fingerprint density at radius 3 is 2.73 bits per heavy atom. The highest BCUT2D eigenvalue weighted by atomic mass is 16.6. The Hall–Kier alpha value is -3.35. The van der Waals surface area contributed by atoms with E-state index in [-0.39, 0.29) is 17.0 Å². The Morgan fingerprint density at radius 2 is 2.04 bits per heavy atom. The maximum Gasteiger partial charge on any atom is 0.311 e. The highest BCUT2D eigenvalue weighted by Crippen LogP contribution is 2.28. The maximum absolute atomic E-state index is 12.5. The van der Waals surface area contributed by atoms with Crippen LogP contribution in [0.3, 0.4) is 0 Å². The third-order valence-electron chi connectivity index (χ3n) is 4.13. The number of rotatable bonds is 6. The van der Waals surface area contributed by atoms with Gasteiger partial charge >= 0.3 is 5.69 Å². The molecule has 0 aliphatic carbocycles. The summed E-state index contributed by atoms with van der Waals surface area (Å²) < 4.78 is 7.11. The molecule has 0 bridgehead atoms. The SMILES string of the molecule is CCCn1ccc2cc(NC(=O)c3ccc(OC)c([N+](=O)[O-])c3)ccc21. The Morgan fingerprint density at radius 1 is 1.23 bits per heavy atom. The van der Waals surface area contributed by atoms with Gasteiger partial charge in [-0.2, -0.15) is 0 Å². The van der Waals surface area contributed by atoms with E-state index in [0.29, 0.717) is 5.69 Å². The Balaban J connectivity index is 1.84. The van der Waals surface area contributed by atoms with Crippen molar-refractivity contribution in [2.24, 2.45) is 0 Å². The van der Waals surface area contributed by atoms with Gasteiger partial charge in [0.1, 0.15) is 0 Å². The van der Waals surface area contributed by atoms with E-state index in [4.69, 9.17) is 4.74 Å². The fourth-order valence-corrected chi connectivity index (χ4v) is 2.89. The van der Waals surface area contributed by atoms with E-state index in [9.17, 15) is 14.9 Å². The van der Waals surface area contributed by atoms with Crippen molar-refractivity contribution in [1.29, 1.82) is 0 Å². The number of carbonyl (C=O) groups excluding carboxylic acids is 1. The zero-order valence-corrected chi connectivity index (χ0v) is 14.6. The minimum absolute atomic E-state index is 0.116. The molecule has 26 heavy (non-hydrogen) atoms. The average molecular weight is 353 g/mol. The second kappa shape index (κ2) is 7.26. The zero-order chi connectivity index (χ0) is 18.7. The molecule has 1 N–H and O–H groups in total. The van der Waals surface area contributed by atoms with Crippen molar-refractivity contribution in [3.63, 3.8) is 0 Å². The lowest BCUT2D eigenvalue weighted by Crippen LogP contribution is -2.12. The molecule has 2 aromatic carbocycles. The molecule has 0 radical (unpaired) electrons. The third kappa shape index (κ3) is 3.37. The molecule has 0 fully saturated rings. The fraction of sp³-hybridized carbons (Fsp3) is 0.211. The first-order chi connectivity index (χ1) is 12.5. The molecule has 0 aliphatic heterocycles. The molecule has 7 nitrogen and oxygen atoms in total. The van der Waals surface area contributed by atoms with E-state index in [2.05, 4.69) is 16.8 Å². The number of fused-ring (bicyclic) bond motifs is 1. The molecule has 0 aliphatic rings. The Kier molecular flexibility index (Phi) is 4.88. The summed E-state index contributed by atoms with van der Waals surface area (Å²) >= 11 is 0. The highest BCUT2D eigenvalue weighted by molar-refractivity contribution is 6.05. The molecule has 0 atom stereocenters. The molecular weight excluding hydrogens is 334 g/mol. The second-order valence-electron chi connectivity index (χ2n) is 5.88. The van der Waals surface area contributed by atoms with Gasteiger partial charge in [0, 0.05) is 41.0 Å². The molecule has 0 spiro atoms. The van der Waals surface area contributed by atoms with E-state index < -0.39 is 10.8 Å². The molecular formula is C19H19N3O4. The smallest absolute Gasteiger partial charge is 0.311 e. The molecule has 0 saturated heterocycles.